The van der Waals surface area contributed by atoms with E-state index in [0.717, 1.165) is 11.0 Å². The van der Waals surface area contributed by atoms with Crippen molar-refractivity contribution in [2.24, 2.45) is 0 Å². The lowest BCUT2D eigenvalue weighted by atomic mass is 10.0. The summed E-state index contributed by atoms with van der Waals surface area (Å²) in [6.45, 7) is 0.00644. The van der Waals surface area contributed by atoms with Crippen LogP contribution < -0.4 is 5.32 Å². The average Bonchev–Trinajstić information content (AvgIpc) is 2.85. The molecular weight excluding hydrogens is 288 g/mol. The van der Waals surface area contributed by atoms with Crippen LogP contribution in [0.4, 0.5) is 17.6 Å². The number of benzene rings is 1. The summed E-state index contributed by atoms with van der Waals surface area (Å²) in [6, 6.07) is 5.00. The Morgan fingerprint density at radius 2 is 2.05 bits per heavy atom. The topological polar surface area (TPSA) is 32.3 Å². The molecule has 1 N–H and O–H groups in total. The van der Waals surface area contributed by atoms with Crippen molar-refractivity contribution in [1.29, 1.82) is 0 Å². The number of amides is 1. The molecule has 1 aromatic rings. The number of carbonyl (C=O) groups excluding carboxylic acids is 1. The molecule has 1 atom stereocenters. The van der Waals surface area contributed by atoms with Gasteiger partial charge in [-0.25, -0.2) is 4.39 Å². The second kappa shape index (κ2) is 5.63. The minimum Gasteiger partial charge on any atom is -0.339 e. The van der Waals surface area contributed by atoms with Crippen molar-refractivity contribution < 1.29 is 22.4 Å². The molecule has 0 saturated carbocycles. The first-order chi connectivity index (χ1) is 9.74. The zero-order valence-electron chi connectivity index (χ0n) is 11.5. The quantitative estimate of drug-likeness (QED) is 0.870. The van der Waals surface area contributed by atoms with Crippen LogP contribution >= 0.6 is 0 Å². The summed E-state index contributed by atoms with van der Waals surface area (Å²) in [5.74, 6) is -0.788. The highest BCUT2D eigenvalue weighted by molar-refractivity contribution is 5.85. The van der Waals surface area contributed by atoms with Crippen LogP contribution in [0.25, 0.3) is 0 Å². The van der Waals surface area contributed by atoms with Crippen molar-refractivity contribution >= 4 is 5.91 Å². The van der Waals surface area contributed by atoms with Crippen molar-refractivity contribution in [3.05, 3.63) is 35.4 Å². The summed E-state index contributed by atoms with van der Waals surface area (Å²) in [6.07, 6.45) is -4.46. The van der Waals surface area contributed by atoms with Gasteiger partial charge in [0.05, 0.1) is 5.56 Å². The molecule has 1 heterocycles. The Balaban J connectivity index is 2.17. The van der Waals surface area contributed by atoms with E-state index in [9.17, 15) is 22.4 Å². The number of carbonyl (C=O) groups is 1. The van der Waals surface area contributed by atoms with Crippen LogP contribution in [0.3, 0.4) is 0 Å². The summed E-state index contributed by atoms with van der Waals surface area (Å²) in [5, 5.41) is 2.75. The molecule has 21 heavy (non-hydrogen) atoms. The van der Waals surface area contributed by atoms with E-state index >= 15 is 0 Å². The highest BCUT2D eigenvalue weighted by Crippen LogP contribution is 2.32. The first-order valence-corrected chi connectivity index (χ1v) is 6.54. The monoisotopic (exact) mass is 304 g/mol. The molecule has 0 radical (unpaired) electrons. The van der Waals surface area contributed by atoms with Gasteiger partial charge in [0.2, 0.25) is 5.67 Å². The van der Waals surface area contributed by atoms with Gasteiger partial charge >= 0.3 is 6.18 Å². The summed E-state index contributed by atoms with van der Waals surface area (Å²) in [4.78, 5) is 13.1. The molecule has 1 aromatic carbocycles. The lowest BCUT2D eigenvalue weighted by Crippen LogP contribution is -2.45. The molecular formula is C14H16F4N2O. The van der Waals surface area contributed by atoms with Crippen molar-refractivity contribution in [3.8, 4) is 0 Å². The molecule has 0 bridgehead atoms. The van der Waals surface area contributed by atoms with Gasteiger partial charge in [0, 0.05) is 26.6 Å². The number of rotatable bonds is 3. The standard InChI is InChI=1S/C14H16F4N2O/c1-20(12(21)13(15)6-7-19-9-13)8-10-4-2-3-5-11(10)14(16,17)18/h2-5,19H,6-9H2,1H3. The van der Waals surface area contributed by atoms with Crippen LogP contribution in [0.15, 0.2) is 24.3 Å². The lowest BCUT2D eigenvalue weighted by molar-refractivity contribution is -0.144. The molecule has 7 heteroatoms. The molecule has 1 amide bonds. The maximum absolute atomic E-state index is 14.3. The highest BCUT2D eigenvalue weighted by atomic mass is 19.4. The number of nitrogens with one attached hydrogen (secondary N) is 1. The maximum atomic E-state index is 14.3. The molecule has 1 aliphatic heterocycles. The van der Waals surface area contributed by atoms with Gasteiger partial charge in [-0.15, -0.1) is 0 Å². The van der Waals surface area contributed by atoms with Gasteiger partial charge in [0.25, 0.3) is 5.91 Å². The van der Waals surface area contributed by atoms with E-state index in [1.54, 1.807) is 0 Å². The van der Waals surface area contributed by atoms with Crippen LogP contribution in [-0.4, -0.2) is 36.6 Å². The fraction of sp³-hybridized carbons (Fsp3) is 0.500. The van der Waals surface area contributed by atoms with Gasteiger partial charge in [-0.3, -0.25) is 4.79 Å². The maximum Gasteiger partial charge on any atom is 0.416 e. The van der Waals surface area contributed by atoms with E-state index < -0.39 is 23.3 Å². The summed E-state index contributed by atoms with van der Waals surface area (Å²) in [5.41, 5.74) is -2.88. The normalized spacial score (nSPS) is 22.3. The van der Waals surface area contributed by atoms with Crippen LogP contribution in [0, 0.1) is 0 Å². The average molecular weight is 304 g/mol. The van der Waals surface area contributed by atoms with Crippen LogP contribution in [0.2, 0.25) is 0 Å². The smallest absolute Gasteiger partial charge is 0.339 e. The van der Waals surface area contributed by atoms with Crippen molar-refractivity contribution in [1.82, 2.24) is 10.2 Å². The van der Waals surface area contributed by atoms with E-state index in [1.807, 2.05) is 0 Å². The van der Waals surface area contributed by atoms with Gasteiger partial charge in [-0.2, -0.15) is 13.2 Å². The molecule has 116 valence electrons. The van der Waals surface area contributed by atoms with Gasteiger partial charge < -0.3 is 10.2 Å². The third kappa shape index (κ3) is 3.34. The van der Waals surface area contributed by atoms with Crippen molar-refractivity contribution in [2.75, 3.05) is 20.1 Å². The largest absolute Gasteiger partial charge is 0.416 e. The predicted molar refractivity (Wildman–Crippen MR) is 69.2 cm³/mol. The van der Waals surface area contributed by atoms with E-state index in [1.165, 1.54) is 25.2 Å². The van der Waals surface area contributed by atoms with Crippen LogP contribution in [-0.2, 0) is 17.5 Å². The number of alkyl halides is 4. The van der Waals surface area contributed by atoms with Crippen LogP contribution in [0.1, 0.15) is 17.5 Å². The Labute approximate surface area is 119 Å². The van der Waals surface area contributed by atoms with Gasteiger partial charge in [0.1, 0.15) is 0 Å². The molecule has 0 spiro atoms. The number of hydrogen-bond donors (Lipinski definition) is 1. The third-order valence-electron chi connectivity index (χ3n) is 3.56. The van der Waals surface area contributed by atoms with E-state index in [0.29, 0.717) is 6.54 Å². The minimum atomic E-state index is -4.50. The predicted octanol–water partition coefficient (Wildman–Crippen LogP) is 2.37. The number of halogens is 4. The van der Waals surface area contributed by atoms with Gasteiger partial charge in [0.15, 0.2) is 0 Å². The second-order valence-electron chi connectivity index (χ2n) is 5.21. The SMILES string of the molecule is CN(Cc1ccccc1C(F)(F)F)C(=O)C1(F)CCNC1. The van der Waals surface area contributed by atoms with Crippen molar-refractivity contribution in [2.45, 2.75) is 24.8 Å². The zero-order chi connectivity index (χ0) is 15.7. The summed E-state index contributed by atoms with van der Waals surface area (Å²) < 4.78 is 53.0. The van der Waals surface area contributed by atoms with Gasteiger partial charge in [-0.05, 0) is 18.2 Å². The minimum absolute atomic E-state index is 0.0388. The van der Waals surface area contributed by atoms with Crippen molar-refractivity contribution in [3.63, 3.8) is 0 Å². The fourth-order valence-corrected chi connectivity index (χ4v) is 2.45. The molecule has 0 aliphatic carbocycles. The second-order valence-corrected chi connectivity index (χ2v) is 5.21. The van der Waals surface area contributed by atoms with Gasteiger partial charge in [-0.1, -0.05) is 18.2 Å². The molecule has 1 aliphatic rings. The Bertz CT molecular complexity index is 524. The first kappa shape index (κ1) is 15.8. The molecule has 1 saturated heterocycles. The number of nitrogens with zero attached hydrogens (tertiary/aromatic N) is 1. The molecule has 0 aromatic heterocycles. The van der Waals surface area contributed by atoms with E-state index in [2.05, 4.69) is 5.32 Å². The lowest BCUT2D eigenvalue weighted by Gasteiger charge is -2.26. The van der Waals surface area contributed by atoms with Crippen LogP contribution in [0.5, 0.6) is 0 Å². The molecule has 3 nitrogen and oxygen atoms in total. The Hall–Kier alpha value is -1.63. The zero-order valence-corrected chi connectivity index (χ0v) is 11.5. The fourth-order valence-electron chi connectivity index (χ4n) is 2.45. The Morgan fingerprint density at radius 1 is 1.38 bits per heavy atom. The first-order valence-electron chi connectivity index (χ1n) is 6.54. The molecule has 1 fully saturated rings. The Kier molecular flexibility index (Phi) is 4.22. The molecule has 1 unspecified atom stereocenters. The Morgan fingerprint density at radius 3 is 2.62 bits per heavy atom. The highest BCUT2D eigenvalue weighted by Gasteiger charge is 2.43. The third-order valence-corrected chi connectivity index (χ3v) is 3.56. The summed E-state index contributed by atoms with van der Waals surface area (Å²) in [7, 11) is 1.31. The van der Waals surface area contributed by atoms with E-state index in [-0.39, 0.29) is 25.1 Å². The summed E-state index contributed by atoms with van der Waals surface area (Å²) >= 11 is 0. The van der Waals surface area contributed by atoms with E-state index in [4.69, 9.17) is 0 Å². The molecule has 2 rings (SSSR count). The number of hydrogen-bond acceptors (Lipinski definition) is 2.